The summed E-state index contributed by atoms with van der Waals surface area (Å²) in [6.45, 7) is 5.59. The first-order chi connectivity index (χ1) is 12.2. The van der Waals surface area contributed by atoms with Crippen molar-refractivity contribution in [2.75, 3.05) is 20.8 Å². The van der Waals surface area contributed by atoms with Crippen LogP contribution in [0.2, 0.25) is 0 Å². The predicted molar refractivity (Wildman–Crippen MR) is 97.8 cm³/mol. The van der Waals surface area contributed by atoms with Gasteiger partial charge in [0.2, 0.25) is 5.88 Å². The monoisotopic (exact) mass is 381 g/mol. The van der Waals surface area contributed by atoms with Gasteiger partial charge in [-0.25, -0.2) is 4.98 Å². The van der Waals surface area contributed by atoms with Gasteiger partial charge >= 0.3 is 5.97 Å². The smallest absolute Gasteiger partial charge is 0.309 e. The zero-order chi connectivity index (χ0) is 19.5. The normalized spacial score (nSPS) is 11.6. The molecule has 0 aliphatic heterocycles. The summed E-state index contributed by atoms with van der Waals surface area (Å²) in [7, 11) is 3.07. The van der Waals surface area contributed by atoms with Crippen LogP contribution < -0.4 is 10.1 Å². The van der Waals surface area contributed by atoms with Gasteiger partial charge in [0.1, 0.15) is 11.4 Å². The zero-order valence-corrected chi connectivity index (χ0v) is 16.3. The highest BCUT2D eigenvalue weighted by molar-refractivity contribution is 7.20. The number of rotatable bonds is 8. The van der Waals surface area contributed by atoms with Gasteiger partial charge in [0.05, 0.1) is 22.8 Å². The Kier molecular flexibility index (Phi) is 6.14. The fraction of sp³-hybridized carbons (Fsp3) is 0.529. The molecule has 0 saturated carbocycles. The van der Waals surface area contributed by atoms with Gasteiger partial charge in [-0.2, -0.15) is 4.98 Å². The second-order valence-electron chi connectivity index (χ2n) is 6.51. The van der Waals surface area contributed by atoms with Gasteiger partial charge in [-0.1, -0.05) is 0 Å². The maximum Gasteiger partial charge on any atom is 0.309 e. The van der Waals surface area contributed by atoms with E-state index in [1.54, 1.807) is 21.0 Å². The minimum atomic E-state index is -0.897. The number of hydrogen-bond donors (Lipinski definition) is 2. The third-order valence-electron chi connectivity index (χ3n) is 4.09. The number of aryl methyl sites for hydroxylation is 1. The Bertz CT molecular complexity index is 831. The summed E-state index contributed by atoms with van der Waals surface area (Å²) in [4.78, 5) is 33.6. The molecule has 0 unspecified atom stereocenters. The van der Waals surface area contributed by atoms with Crippen molar-refractivity contribution < 1.29 is 24.2 Å². The molecule has 0 bridgehead atoms. The highest BCUT2D eigenvalue weighted by Crippen LogP contribution is 2.35. The number of methoxy groups -OCH3 is 2. The van der Waals surface area contributed by atoms with Crippen LogP contribution in [0.4, 0.5) is 0 Å². The molecule has 0 aliphatic carbocycles. The molecule has 8 nitrogen and oxygen atoms in total. The van der Waals surface area contributed by atoms with Crippen molar-refractivity contribution >= 4 is 33.4 Å². The Labute approximate surface area is 155 Å². The van der Waals surface area contributed by atoms with Crippen LogP contribution in [0, 0.1) is 12.3 Å². The number of thiophene rings is 1. The van der Waals surface area contributed by atoms with E-state index >= 15 is 0 Å². The lowest BCUT2D eigenvalue weighted by Crippen LogP contribution is -2.31. The van der Waals surface area contributed by atoms with E-state index in [4.69, 9.17) is 14.6 Å². The first-order valence-corrected chi connectivity index (χ1v) is 8.87. The number of carboxylic acids is 1. The lowest BCUT2D eigenvalue weighted by atomic mass is 9.90. The topological polar surface area (TPSA) is 111 Å². The summed E-state index contributed by atoms with van der Waals surface area (Å²) in [5.74, 6) is -0.271. The maximum atomic E-state index is 12.5. The van der Waals surface area contributed by atoms with Gasteiger partial charge < -0.3 is 19.9 Å². The van der Waals surface area contributed by atoms with Crippen molar-refractivity contribution in [1.82, 2.24) is 15.3 Å². The van der Waals surface area contributed by atoms with E-state index < -0.39 is 11.4 Å². The van der Waals surface area contributed by atoms with Crippen molar-refractivity contribution in [3.05, 3.63) is 16.3 Å². The molecule has 0 aliphatic rings. The number of nitrogens with one attached hydrogen (secondary N) is 1. The fourth-order valence-corrected chi connectivity index (χ4v) is 3.48. The van der Waals surface area contributed by atoms with Gasteiger partial charge in [-0.15, -0.1) is 11.3 Å². The van der Waals surface area contributed by atoms with Crippen molar-refractivity contribution in [2.45, 2.75) is 33.8 Å². The second-order valence-corrected chi connectivity index (χ2v) is 7.51. The van der Waals surface area contributed by atoms with E-state index in [-0.39, 0.29) is 19.1 Å². The fourth-order valence-electron chi connectivity index (χ4n) is 2.38. The minimum Gasteiger partial charge on any atom is -0.481 e. The summed E-state index contributed by atoms with van der Waals surface area (Å²) in [6, 6.07) is 0. The number of amides is 1. The molecule has 0 aromatic carbocycles. The Morgan fingerprint density at radius 2 is 1.96 bits per heavy atom. The average molecular weight is 381 g/mol. The molecular formula is C17H23N3O5S. The summed E-state index contributed by atoms with van der Waals surface area (Å²) < 4.78 is 10.4. The summed E-state index contributed by atoms with van der Waals surface area (Å²) in [5, 5.41) is 12.6. The first kappa shape index (κ1) is 20.1. The Hall–Kier alpha value is -2.26. The molecule has 2 N–H and O–H groups in total. The predicted octanol–water partition coefficient (Wildman–Crippen LogP) is 2.39. The van der Waals surface area contributed by atoms with Crippen LogP contribution in [-0.2, 0) is 16.1 Å². The number of fused-ring (bicyclic) bond motifs is 1. The van der Waals surface area contributed by atoms with Crippen LogP contribution in [-0.4, -0.2) is 47.7 Å². The lowest BCUT2D eigenvalue weighted by molar-refractivity contribution is -0.147. The SMILES string of the molecule is COCc1nc(OC)c2c(C)c(C(=O)NCCC(C)(C)C(=O)O)sc2n1. The molecule has 0 atom stereocenters. The van der Waals surface area contributed by atoms with Crippen LogP contribution >= 0.6 is 11.3 Å². The van der Waals surface area contributed by atoms with Gasteiger partial charge in [-0.05, 0) is 32.8 Å². The minimum absolute atomic E-state index is 0.245. The number of carbonyl (C=O) groups excluding carboxylic acids is 1. The second kappa shape index (κ2) is 7.96. The van der Waals surface area contributed by atoms with Crippen molar-refractivity contribution in [3.8, 4) is 5.88 Å². The Balaban J connectivity index is 2.25. The van der Waals surface area contributed by atoms with Crippen molar-refractivity contribution in [3.63, 3.8) is 0 Å². The molecule has 0 spiro atoms. The van der Waals surface area contributed by atoms with Crippen molar-refractivity contribution in [2.24, 2.45) is 5.41 Å². The molecule has 0 saturated heterocycles. The molecular weight excluding hydrogens is 358 g/mol. The number of ether oxygens (including phenoxy) is 2. The number of carbonyl (C=O) groups is 2. The standard InChI is InChI=1S/C17H23N3O5S/c1-9-11-14(25-5)19-10(8-24-4)20-15(11)26-12(9)13(21)18-7-6-17(2,3)16(22)23/h6-8H2,1-5H3,(H,18,21)(H,22,23). The molecule has 2 heterocycles. The molecule has 2 aromatic heterocycles. The first-order valence-electron chi connectivity index (χ1n) is 8.05. The van der Waals surface area contributed by atoms with Gasteiger partial charge in [-0.3, -0.25) is 9.59 Å². The quantitative estimate of drug-likeness (QED) is 0.722. The largest absolute Gasteiger partial charge is 0.481 e. The molecule has 26 heavy (non-hydrogen) atoms. The number of hydrogen-bond acceptors (Lipinski definition) is 7. The highest BCUT2D eigenvalue weighted by Gasteiger charge is 2.27. The molecule has 142 valence electrons. The third-order valence-corrected chi connectivity index (χ3v) is 5.28. The van der Waals surface area contributed by atoms with E-state index in [0.29, 0.717) is 33.2 Å². The van der Waals surface area contributed by atoms with Crippen LogP contribution in [0.15, 0.2) is 0 Å². The summed E-state index contributed by atoms with van der Waals surface area (Å²) >= 11 is 1.25. The van der Waals surface area contributed by atoms with Gasteiger partial charge in [0.25, 0.3) is 5.91 Å². The van der Waals surface area contributed by atoms with Crippen LogP contribution in [0.25, 0.3) is 10.2 Å². The number of aliphatic carboxylic acids is 1. The molecule has 0 fully saturated rings. The van der Waals surface area contributed by atoms with Crippen LogP contribution in [0.3, 0.4) is 0 Å². The number of carboxylic acid groups (broad SMARTS) is 1. The molecule has 9 heteroatoms. The molecule has 2 rings (SSSR count). The Morgan fingerprint density at radius 1 is 1.27 bits per heavy atom. The summed E-state index contributed by atoms with van der Waals surface area (Å²) in [5.41, 5.74) is -0.160. The van der Waals surface area contributed by atoms with Gasteiger partial charge in [0, 0.05) is 13.7 Å². The zero-order valence-electron chi connectivity index (χ0n) is 15.5. The van der Waals surface area contributed by atoms with E-state index in [0.717, 1.165) is 5.56 Å². The lowest BCUT2D eigenvalue weighted by Gasteiger charge is -2.18. The van der Waals surface area contributed by atoms with Gasteiger partial charge in [0.15, 0.2) is 5.82 Å². The molecule has 2 aromatic rings. The van der Waals surface area contributed by atoms with Crippen LogP contribution in [0.5, 0.6) is 5.88 Å². The summed E-state index contributed by atoms with van der Waals surface area (Å²) in [6.07, 6.45) is 0.332. The highest BCUT2D eigenvalue weighted by atomic mass is 32.1. The van der Waals surface area contributed by atoms with E-state index in [2.05, 4.69) is 15.3 Å². The Morgan fingerprint density at radius 3 is 2.54 bits per heavy atom. The third kappa shape index (κ3) is 4.10. The maximum absolute atomic E-state index is 12.5. The van der Waals surface area contributed by atoms with Crippen molar-refractivity contribution in [1.29, 1.82) is 0 Å². The van der Waals surface area contributed by atoms with Crippen LogP contribution in [0.1, 0.15) is 41.3 Å². The van der Waals surface area contributed by atoms with E-state index in [9.17, 15) is 9.59 Å². The molecule has 1 amide bonds. The van der Waals surface area contributed by atoms with E-state index in [1.807, 2.05) is 6.92 Å². The number of nitrogens with zero attached hydrogens (tertiary/aromatic N) is 2. The van der Waals surface area contributed by atoms with E-state index in [1.165, 1.54) is 18.4 Å². The molecule has 0 radical (unpaired) electrons. The average Bonchev–Trinajstić information content (AvgIpc) is 2.91. The number of aromatic nitrogens is 2.